The fourth-order valence-electron chi connectivity index (χ4n) is 3.50. The van der Waals surface area contributed by atoms with Crippen molar-refractivity contribution in [2.24, 2.45) is 0 Å². The second kappa shape index (κ2) is 8.21. The summed E-state index contributed by atoms with van der Waals surface area (Å²) in [5.74, 6) is 1.12. The minimum absolute atomic E-state index is 0.165. The highest BCUT2D eigenvalue weighted by molar-refractivity contribution is 6.33. The molecule has 0 atom stereocenters. The molecule has 0 aliphatic carbocycles. The van der Waals surface area contributed by atoms with Crippen LogP contribution in [0.2, 0.25) is 5.02 Å². The van der Waals surface area contributed by atoms with Crippen LogP contribution in [0.1, 0.15) is 23.7 Å². The molecule has 4 rings (SSSR count). The molecule has 1 saturated heterocycles. The predicted molar refractivity (Wildman–Crippen MR) is 111 cm³/mol. The van der Waals surface area contributed by atoms with Gasteiger partial charge in [0, 0.05) is 43.9 Å². The number of anilines is 2. The van der Waals surface area contributed by atoms with Crippen LogP contribution in [-0.2, 0) is 4.79 Å². The standard InChI is InChI=1S/C21H22ClN3O4/c1-2-20(26)25-9-7-24(8-10-25)17-5-4-15(12-16(17)22)23-21(27)14-3-6-18-19(11-14)29-13-28-18/h3-6,11-12H,2,7-10,13H2,1H3,(H,23,27). The van der Waals surface area contributed by atoms with Crippen LogP contribution in [-0.4, -0.2) is 49.7 Å². The fourth-order valence-corrected chi connectivity index (χ4v) is 3.80. The number of ether oxygens (including phenoxy) is 2. The number of piperazine rings is 1. The number of fused-ring (bicyclic) bond motifs is 1. The first-order valence-electron chi connectivity index (χ1n) is 9.58. The molecule has 2 aromatic rings. The van der Waals surface area contributed by atoms with E-state index in [1.165, 1.54) is 0 Å². The van der Waals surface area contributed by atoms with E-state index in [-0.39, 0.29) is 18.6 Å². The third kappa shape index (κ3) is 4.10. The van der Waals surface area contributed by atoms with Crippen LogP contribution < -0.4 is 19.7 Å². The van der Waals surface area contributed by atoms with Gasteiger partial charge < -0.3 is 24.6 Å². The van der Waals surface area contributed by atoms with Crippen molar-refractivity contribution in [3.8, 4) is 11.5 Å². The normalized spacial score (nSPS) is 15.4. The van der Waals surface area contributed by atoms with Crippen molar-refractivity contribution in [2.45, 2.75) is 13.3 Å². The van der Waals surface area contributed by atoms with Crippen LogP contribution in [0, 0.1) is 0 Å². The van der Waals surface area contributed by atoms with E-state index >= 15 is 0 Å². The van der Waals surface area contributed by atoms with Crippen LogP contribution in [0.15, 0.2) is 36.4 Å². The quantitative estimate of drug-likeness (QED) is 0.828. The highest BCUT2D eigenvalue weighted by atomic mass is 35.5. The van der Waals surface area contributed by atoms with E-state index in [0.717, 1.165) is 18.8 Å². The van der Waals surface area contributed by atoms with Crippen molar-refractivity contribution in [2.75, 3.05) is 43.2 Å². The molecule has 0 bridgehead atoms. The van der Waals surface area contributed by atoms with Gasteiger partial charge in [0.1, 0.15) is 0 Å². The zero-order valence-electron chi connectivity index (χ0n) is 16.1. The van der Waals surface area contributed by atoms with Crippen molar-refractivity contribution in [3.05, 3.63) is 47.0 Å². The third-order valence-electron chi connectivity index (χ3n) is 5.12. The Morgan fingerprint density at radius 2 is 1.79 bits per heavy atom. The minimum Gasteiger partial charge on any atom is -0.454 e. The molecule has 8 heteroatoms. The lowest BCUT2D eigenvalue weighted by molar-refractivity contribution is -0.131. The Labute approximate surface area is 174 Å². The van der Waals surface area contributed by atoms with E-state index < -0.39 is 0 Å². The summed E-state index contributed by atoms with van der Waals surface area (Å²) in [5.41, 5.74) is 1.99. The topological polar surface area (TPSA) is 71.1 Å². The van der Waals surface area contributed by atoms with Gasteiger partial charge in [-0.1, -0.05) is 18.5 Å². The number of hydrogen-bond acceptors (Lipinski definition) is 5. The molecular weight excluding hydrogens is 394 g/mol. The molecule has 2 aliphatic rings. The second-order valence-electron chi connectivity index (χ2n) is 6.91. The maximum Gasteiger partial charge on any atom is 0.255 e. The minimum atomic E-state index is -0.251. The number of rotatable bonds is 4. The summed E-state index contributed by atoms with van der Waals surface area (Å²) in [4.78, 5) is 28.4. The average Bonchev–Trinajstić information content (AvgIpc) is 3.21. The van der Waals surface area contributed by atoms with E-state index in [0.29, 0.717) is 47.3 Å². The molecule has 0 radical (unpaired) electrons. The fraction of sp³-hybridized carbons (Fsp3) is 0.333. The highest BCUT2D eigenvalue weighted by Crippen LogP contribution is 2.33. The molecule has 1 fully saturated rings. The molecular formula is C21H22ClN3O4. The van der Waals surface area contributed by atoms with Gasteiger partial charge >= 0.3 is 0 Å². The molecule has 2 heterocycles. The lowest BCUT2D eigenvalue weighted by Crippen LogP contribution is -2.48. The van der Waals surface area contributed by atoms with Gasteiger partial charge in [0.15, 0.2) is 11.5 Å². The lowest BCUT2D eigenvalue weighted by Gasteiger charge is -2.36. The van der Waals surface area contributed by atoms with Crippen molar-refractivity contribution >= 4 is 34.8 Å². The van der Waals surface area contributed by atoms with E-state index in [9.17, 15) is 9.59 Å². The van der Waals surface area contributed by atoms with Gasteiger partial charge in [-0.05, 0) is 36.4 Å². The Hall–Kier alpha value is -2.93. The first-order valence-corrected chi connectivity index (χ1v) is 9.96. The maximum atomic E-state index is 12.5. The number of nitrogens with one attached hydrogen (secondary N) is 1. The Bertz CT molecular complexity index is 942. The summed E-state index contributed by atoms with van der Waals surface area (Å²) in [6.45, 7) is 4.88. The Morgan fingerprint density at radius 1 is 1.03 bits per heavy atom. The number of benzene rings is 2. The molecule has 1 N–H and O–H groups in total. The first kappa shape index (κ1) is 19.4. The van der Waals surface area contributed by atoms with Gasteiger partial charge in [0.25, 0.3) is 5.91 Å². The molecule has 2 aromatic carbocycles. The molecule has 2 aliphatic heterocycles. The van der Waals surface area contributed by atoms with E-state index in [1.54, 1.807) is 24.3 Å². The molecule has 2 amide bonds. The van der Waals surface area contributed by atoms with Crippen LogP contribution in [0.3, 0.4) is 0 Å². The Morgan fingerprint density at radius 3 is 2.52 bits per heavy atom. The highest BCUT2D eigenvalue weighted by Gasteiger charge is 2.22. The Kier molecular flexibility index (Phi) is 5.49. The summed E-state index contributed by atoms with van der Waals surface area (Å²) in [7, 11) is 0. The van der Waals surface area contributed by atoms with Gasteiger partial charge in [-0.25, -0.2) is 0 Å². The summed E-state index contributed by atoms with van der Waals surface area (Å²) in [5, 5.41) is 3.42. The molecule has 0 saturated carbocycles. The van der Waals surface area contributed by atoms with Crippen LogP contribution in [0.25, 0.3) is 0 Å². The number of halogens is 1. The van der Waals surface area contributed by atoms with Gasteiger partial charge in [-0.15, -0.1) is 0 Å². The number of carbonyl (C=O) groups excluding carboxylic acids is 2. The van der Waals surface area contributed by atoms with E-state index in [2.05, 4.69) is 10.2 Å². The number of hydrogen-bond donors (Lipinski definition) is 1. The smallest absolute Gasteiger partial charge is 0.255 e. The molecule has 7 nitrogen and oxygen atoms in total. The van der Waals surface area contributed by atoms with Crippen LogP contribution in [0.4, 0.5) is 11.4 Å². The van der Waals surface area contributed by atoms with Gasteiger partial charge in [0.05, 0.1) is 10.7 Å². The number of carbonyl (C=O) groups is 2. The zero-order chi connectivity index (χ0) is 20.4. The molecule has 0 unspecified atom stereocenters. The summed E-state index contributed by atoms with van der Waals surface area (Å²) < 4.78 is 10.6. The SMILES string of the molecule is CCC(=O)N1CCN(c2ccc(NC(=O)c3ccc4c(c3)OCO4)cc2Cl)CC1. The average molecular weight is 416 g/mol. The van der Waals surface area contributed by atoms with Crippen molar-refractivity contribution in [3.63, 3.8) is 0 Å². The molecule has 0 spiro atoms. The Balaban J connectivity index is 1.41. The lowest BCUT2D eigenvalue weighted by atomic mass is 10.1. The van der Waals surface area contributed by atoms with Crippen LogP contribution >= 0.6 is 11.6 Å². The summed E-state index contributed by atoms with van der Waals surface area (Å²) >= 11 is 6.49. The maximum absolute atomic E-state index is 12.5. The van der Waals surface area contributed by atoms with Gasteiger partial charge in [-0.2, -0.15) is 0 Å². The second-order valence-corrected chi connectivity index (χ2v) is 7.32. The summed E-state index contributed by atoms with van der Waals surface area (Å²) in [6, 6.07) is 10.5. The van der Waals surface area contributed by atoms with E-state index in [4.69, 9.17) is 21.1 Å². The molecule has 152 valence electrons. The van der Waals surface area contributed by atoms with Crippen molar-refractivity contribution in [1.82, 2.24) is 4.90 Å². The number of nitrogens with zero attached hydrogens (tertiary/aromatic N) is 2. The van der Waals surface area contributed by atoms with E-state index in [1.807, 2.05) is 24.0 Å². The molecule has 29 heavy (non-hydrogen) atoms. The van der Waals surface area contributed by atoms with Gasteiger partial charge in [-0.3, -0.25) is 9.59 Å². The third-order valence-corrected chi connectivity index (χ3v) is 5.42. The van der Waals surface area contributed by atoms with Crippen molar-refractivity contribution in [1.29, 1.82) is 0 Å². The van der Waals surface area contributed by atoms with Gasteiger partial charge in [0.2, 0.25) is 12.7 Å². The number of amides is 2. The largest absolute Gasteiger partial charge is 0.454 e. The summed E-state index contributed by atoms with van der Waals surface area (Å²) in [6.07, 6.45) is 0.526. The molecule has 0 aromatic heterocycles. The monoisotopic (exact) mass is 415 g/mol. The zero-order valence-corrected chi connectivity index (χ0v) is 16.9. The predicted octanol–water partition coefficient (Wildman–Crippen LogP) is 3.38. The first-order chi connectivity index (χ1) is 14.0. The van der Waals surface area contributed by atoms with Crippen molar-refractivity contribution < 1.29 is 19.1 Å². The van der Waals surface area contributed by atoms with Crippen LogP contribution in [0.5, 0.6) is 11.5 Å².